The third-order valence-corrected chi connectivity index (χ3v) is 4.54. The predicted molar refractivity (Wildman–Crippen MR) is 74.8 cm³/mol. The quantitative estimate of drug-likeness (QED) is 0.887. The van der Waals surface area contributed by atoms with Gasteiger partial charge in [-0.15, -0.1) is 0 Å². The molecule has 2 rings (SSSR count). The summed E-state index contributed by atoms with van der Waals surface area (Å²) in [6.45, 7) is 5.53. The Morgan fingerprint density at radius 3 is 2.65 bits per heavy atom. The summed E-state index contributed by atoms with van der Waals surface area (Å²) in [6.07, 6.45) is 3.22. The van der Waals surface area contributed by atoms with Crippen molar-refractivity contribution in [1.82, 2.24) is 14.7 Å². The molecule has 0 bridgehead atoms. The van der Waals surface area contributed by atoms with Crippen molar-refractivity contribution in [2.75, 3.05) is 5.75 Å². The number of carbonyl (C=O) groups is 1. The van der Waals surface area contributed by atoms with E-state index in [2.05, 4.69) is 14.7 Å². The van der Waals surface area contributed by atoms with Gasteiger partial charge in [0, 0.05) is 6.20 Å². The van der Waals surface area contributed by atoms with Crippen LogP contribution in [-0.4, -0.2) is 30.0 Å². The summed E-state index contributed by atoms with van der Waals surface area (Å²) in [5, 5.41) is 0. The number of aryl methyl sites for hydroxylation is 1. The Hall–Kier alpha value is -1.50. The lowest BCUT2D eigenvalue weighted by atomic mass is 10.0. The van der Waals surface area contributed by atoms with Gasteiger partial charge in [-0.3, -0.25) is 4.79 Å². The molecule has 1 saturated carbocycles. The van der Waals surface area contributed by atoms with E-state index in [9.17, 15) is 13.2 Å². The standard InChI is InChI=1S/C13H19N3O3S/c1-8(2)12-11(6-14-9(3)15-12)13(17)16-20(18,19)7-10-4-5-10/h6,8,10H,4-5,7H2,1-3H3,(H,16,17). The Morgan fingerprint density at radius 1 is 1.45 bits per heavy atom. The third-order valence-electron chi connectivity index (χ3n) is 3.13. The maximum atomic E-state index is 12.1. The molecule has 0 radical (unpaired) electrons. The smallest absolute Gasteiger partial charge is 0.268 e. The zero-order chi connectivity index (χ0) is 14.9. The van der Waals surface area contributed by atoms with E-state index in [0.717, 1.165) is 12.8 Å². The minimum absolute atomic E-state index is 0.0163. The Kier molecular flexibility index (Phi) is 4.08. The van der Waals surface area contributed by atoms with Crippen molar-refractivity contribution in [2.45, 2.75) is 39.5 Å². The van der Waals surface area contributed by atoms with E-state index in [1.54, 1.807) is 6.92 Å². The van der Waals surface area contributed by atoms with Crippen LogP contribution in [0.3, 0.4) is 0 Å². The highest BCUT2D eigenvalue weighted by atomic mass is 32.2. The van der Waals surface area contributed by atoms with Gasteiger partial charge in [0.1, 0.15) is 5.82 Å². The van der Waals surface area contributed by atoms with Crippen LogP contribution in [-0.2, 0) is 10.0 Å². The van der Waals surface area contributed by atoms with E-state index in [4.69, 9.17) is 0 Å². The van der Waals surface area contributed by atoms with Gasteiger partial charge < -0.3 is 0 Å². The average molecular weight is 297 g/mol. The lowest BCUT2D eigenvalue weighted by Crippen LogP contribution is -2.34. The van der Waals surface area contributed by atoms with Crippen LogP contribution in [0.1, 0.15) is 54.5 Å². The first-order valence-corrected chi connectivity index (χ1v) is 8.32. The summed E-state index contributed by atoms with van der Waals surface area (Å²) >= 11 is 0. The normalized spacial score (nSPS) is 15.4. The maximum absolute atomic E-state index is 12.1. The van der Waals surface area contributed by atoms with E-state index in [1.807, 2.05) is 13.8 Å². The zero-order valence-corrected chi connectivity index (χ0v) is 12.7. The summed E-state index contributed by atoms with van der Waals surface area (Å²) < 4.78 is 25.8. The van der Waals surface area contributed by atoms with Crippen molar-refractivity contribution < 1.29 is 13.2 Å². The number of amides is 1. The van der Waals surface area contributed by atoms with Crippen LogP contribution in [0.15, 0.2) is 6.20 Å². The Labute approximate surface area is 119 Å². The largest absolute Gasteiger partial charge is 0.268 e. The van der Waals surface area contributed by atoms with Crippen LogP contribution in [0, 0.1) is 12.8 Å². The first-order chi connectivity index (χ1) is 9.28. The summed E-state index contributed by atoms with van der Waals surface area (Å²) in [5.41, 5.74) is 0.793. The molecule has 0 saturated heterocycles. The summed E-state index contributed by atoms with van der Waals surface area (Å²) in [6, 6.07) is 0. The Bertz CT molecular complexity index is 622. The average Bonchev–Trinajstić information content (AvgIpc) is 3.10. The van der Waals surface area contributed by atoms with Gasteiger partial charge in [-0.1, -0.05) is 13.8 Å². The van der Waals surface area contributed by atoms with E-state index < -0.39 is 15.9 Å². The molecule has 1 N–H and O–H groups in total. The van der Waals surface area contributed by atoms with Gasteiger partial charge in [-0.25, -0.2) is 23.1 Å². The summed E-state index contributed by atoms with van der Waals surface area (Å²) in [7, 11) is -3.57. The van der Waals surface area contributed by atoms with Crippen LogP contribution < -0.4 is 4.72 Å². The van der Waals surface area contributed by atoms with Crippen molar-refractivity contribution in [3.8, 4) is 0 Å². The highest BCUT2D eigenvalue weighted by Crippen LogP contribution is 2.30. The number of carbonyl (C=O) groups excluding carboxylic acids is 1. The molecule has 1 amide bonds. The lowest BCUT2D eigenvalue weighted by Gasteiger charge is -2.12. The van der Waals surface area contributed by atoms with Gasteiger partial charge in [0.2, 0.25) is 10.0 Å². The summed E-state index contributed by atoms with van der Waals surface area (Å²) in [4.78, 5) is 20.3. The van der Waals surface area contributed by atoms with E-state index in [1.165, 1.54) is 6.20 Å². The minimum atomic E-state index is -3.57. The molecule has 20 heavy (non-hydrogen) atoms. The summed E-state index contributed by atoms with van der Waals surface area (Å²) in [5.74, 6) is 0.144. The van der Waals surface area contributed by atoms with Crippen LogP contribution in [0.2, 0.25) is 0 Å². The number of nitrogens with zero attached hydrogens (tertiary/aromatic N) is 2. The molecule has 1 heterocycles. The molecular weight excluding hydrogens is 278 g/mol. The molecule has 1 aliphatic rings. The number of aromatic nitrogens is 2. The number of hydrogen-bond acceptors (Lipinski definition) is 5. The molecule has 1 aromatic heterocycles. The van der Waals surface area contributed by atoms with E-state index in [-0.39, 0.29) is 23.2 Å². The fraction of sp³-hybridized carbons (Fsp3) is 0.615. The van der Waals surface area contributed by atoms with Crippen molar-refractivity contribution in [2.24, 2.45) is 5.92 Å². The van der Waals surface area contributed by atoms with Gasteiger partial charge in [0.25, 0.3) is 5.91 Å². The van der Waals surface area contributed by atoms with E-state index in [0.29, 0.717) is 11.5 Å². The number of nitrogens with one attached hydrogen (secondary N) is 1. The molecule has 0 atom stereocenters. The molecule has 7 heteroatoms. The highest BCUT2D eigenvalue weighted by Gasteiger charge is 2.30. The highest BCUT2D eigenvalue weighted by molar-refractivity contribution is 7.90. The van der Waals surface area contributed by atoms with Crippen LogP contribution in [0.25, 0.3) is 0 Å². The molecule has 6 nitrogen and oxygen atoms in total. The van der Waals surface area contributed by atoms with Crippen molar-refractivity contribution in [3.05, 3.63) is 23.3 Å². The maximum Gasteiger partial charge on any atom is 0.268 e. The van der Waals surface area contributed by atoms with Crippen molar-refractivity contribution in [1.29, 1.82) is 0 Å². The second kappa shape index (κ2) is 5.47. The van der Waals surface area contributed by atoms with Gasteiger partial charge in [-0.05, 0) is 31.6 Å². The van der Waals surface area contributed by atoms with Gasteiger partial charge in [0.05, 0.1) is 17.0 Å². The number of sulfonamides is 1. The molecular formula is C13H19N3O3S. The van der Waals surface area contributed by atoms with Gasteiger partial charge in [-0.2, -0.15) is 0 Å². The van der Waals surface area contributed by atoms with Crippen LogP contribution in [0.4, 0.5) is 0 Å². The minimum Gasteiger partial charge on any atom is -0.268 e. The van der Waals surface area contributed by atoms with Crippen LogP contribution in [0.5, 0.6) is 0 Å². The fourth-order valence-corrected chi connectivity index (χ4v) is 3.36. The second-order valence-electron chi connectivity index (χ2n) is 5.53. The topological polar surface area (TPSA) is 89.0 Å². The van der Waals surface area contributed by atoms with Crippen molar-refractivity contribution >= 4 is 15.9 Å². The lowest BCUT2D eigenvalue weighted by molar-refractivity contribution is 0.0979. The predicted octanol–water partition coefficient (Wildman–Crippen LogP) is 1.38. The van der Waals surface area contributed by atoms with Gasteiger partial charge >= 0.3 is 0 Å². The molecule has 0 aromatic carbocycles. The number of hydrogen-bond donors (Lipinski definition) is 1. The molecule has 0 unspecified atom stereocenters. The van der Waals surface area contributed by atoms with Crippen LogP contribution >= 0.6 is 0 Å². The first-order valence-electron chi connectivity index (χ1n) is 6.67. The molecule has 0 spiro atoms. The molecule has 1 aromatic rings. The first kappa shape index (κ1) is 14.9. The SMILES string of the molecule is Cc1ncc(C(=O)NS(=O)(=O)CC2CC2)c(C(C)C)n1. The monoisotopic (exact) mass is 297 g/mol. The molecule has 0 aliphatic heterocycles. The Morgan fingerprint density at radius 2 is 2.10 bits per heavy atom. The Balaban J connectivity index is 2.20. The second-order valence-corrected chi connectivity index (χ2v) is 7.29. The molecule has 110 valence electrons. The van der Waals surface area contributed by atoms with E-state index >= 15 is 0 Å². The third kappa shape index (κ3) is 3.75. The number of rotatable bonds is 5. The molecule has 1 fully saturated rings. The zero-order valence-electron chi connectivity index (χ0n) is 11.9. The van der Waals surface area contributed by atoms with Crippen molar-refractivity contribution in [3.63, 3.8) is 0 Å². The molecule has 1 aliphatic carbocycles. The fourth-order valence-electron chi connectivity index (χ4n) is 1.94. The van der Waals surface area contributed by atoms with Gasteiger partial charge in [0.15, 0.2) is 0 Å².